The lowest BCUT2D eigenvalue weighted by molar-refractivity contribution is 0.125. The summed E-state index contributed by atoms with van der Waals surface area (Å²) in [7, 11) is 24.6. The fourth-order valence-electron chi connectivity index (χ4n) is 12.5. The van der Waals surface area contributed by atoms with E-state index in [1.54, 1.807) is 0 Å². The molecule has 4 aliphatic carbocycles. The molecule has 0 heterocycles. The Morgan fingerprint density at radius 2 is 0.500 bits per heavy atom. The lowest BCUT2D eigenvalue weighted by Crippen LogP contribution is -2.18. The monoisotopic (exact) mass is 1160 g/mol. The largest absolute Gasteiger partial charge is 0.393 e. The van der Waals surface area contributed by atoms with Gasteiger partial charge in [0.05, 0.1) is 80.2 Å². The molecule has 0 aromatic carbocycles. The molecule has 4 saturated carbocycles. The van der Waals surface area contributed by atoms with Crippen LogP contribution in [0.1, 0.15) is 235 Å². The van der Waals surface area contributed by atoms with E-state index in [9.17, 15) is 40.9 Å². The number of hydrogen-bond acceptors (Lipinski definition) is 8. The quantitative estimate of drug-likeness (QED) is 0.0175. The molecule has 4 fully saturated rings. The Kier molecular flexibility index (Phi) is 47.3. The van der Waals surface area contributed by atoms with Gasteiger partial charge < -0.3 is 40.9 Å². The highest BCUT2D eigenvalue weighted by molar-refractivity contribution is 6.13. The topological polar surface area (TPSA) is 162 Å². The summed E-state index contributed by atoms with van der Waals surface area (Å²) < 4.78 is 0. The third-order valence-electron chi connectivity index (χ3n) is 17.7. The predicted molar refractivity (Wildman–Crippen MR) is 362 cm³/mol. The first-order chi connectivity index (χ1) is 40.4. The normalized spacial score (nSPS) is 31.4. The van der Waals surface area contributed by atoms with Crippen LogP contribution in [0.5, 0.6) is 0 Å². The van der Waals surface area contributed by atoms with E-state index in [0.29, 0.717) is 25.7 Å². The number of rotatable bonds is 36. The van der Waals surface area contributed by atoms with Crippen LogP contribution in [0.3, 0.4) is 0 Å². The van der Waals surface area contributed by atoms with Crippen molar-refractivity contribution in [1.29, 1.82) is 0 Å². The number of aliphatic hydroxyl groups excluding tert-OH is 8. The second-order valence-electron chi connectivity index (χ2n) is 25.2. The van der Waals surface area contributed by atoms with E-state index >= 15 is 0 Å². The van der Waals surface area contributed by atoms with Crippen LogP contribution < -0.4 is 0 Å². The van der Waals surface area contributed by atoms with Crippen molar-refractivity contribution in [3.05, 3.63) is 97.2 Å². The van der Waals surface area contributed by atoms with Crippen LogP contribution in [0, 0.1) is 47.3 Å². The summed E-state index contributed by atoms with van der Waals surface area (Å²) in [6, 6.07) is 0. The molecule has 472 valence electrons. The molecule has 84 heavy (non-hydrogen) atoms. The Morgan fingerprint density at radius 1 is 0.310 bits per heavy atom. The molecule has 0 aromatic rings. The molecule has 4 rings (SSSR count). The van der Waals surface area contributed by atoms with E-state index < -0.39 is 0 Å². The molecule has 0 amide bonds. The zero-order valence-corrected chi connectivity index (χ0v) is 54.5. The van der Waals surface area contributed by atoms with Crippen LogP contribution in [0.25, 0.3) is 0 Å². The number of hydrogen-bond donors (Lipinski definition) is 8. The smallest absolute Gasteiger partial charge is 0.0720 e. The molecule has 12 heteroatoms. The molecule has 8 radical (unpaired) electrons. The summed E-state index contributed by atoms with van der Waals surface area (Å²) in [6.45, 7) is 17.0. The van der Waals surface area contributed by atoms with Gasteiger partial charge in [-0.1, -0.05) is 253 Å². The van der Waals surface area contributed by atoms with E-state index in [-0.39, 0.29) is 119 Å². The first-order valence-corrected chi connectivity index (χ1v) is 34.2. The van der Waals surface area contributed by atoms with Gasteiger partial charge in [-0.3, -0.25) is 0 Å². The Labute approximate surface area is 521 Å². The van der Waals surface area contributed by atoms with E-state index in [2.05, 4.69) is 104 Å². The summed E-state index contributed by atoms with van der Waals surface area (Å²) in [4.78, 5) is 0. The minimum Gasteiger partial charge on any atom is -0.393 e. The molecule has 0 aromatic heterocycles. The molecule has 20 atom stereocenters. The predicted octanol–water partition coefficient (Wildman–Crippen LogP) is 15.2. The SMILES string of the molecule is [B]C1CC(O)[C@H](C/C=C\CCCC)[C@H]1/C=C/C(O)CCC.[B]C1CC(O)[C@H](C/C=C\CCCC)[C@H]1/C=C/[C@@H](O)CCC.[B][C@@H]1CC(O)[C@H](C/C=C\CCCC)[C@H]1/C=C/C(O)CCC.[B][C@@H]1CC(O)[C@H](C/C=C\CCCC)[C@H]1/C=C/[C@@H](O)CCC. The van der Waals surface area contributed by atoms with Crippen molar-refractivity contribution in [1.82, 2.24) is 0 Å². The maximum atomic E-state index is 10.2. The molecule has 4 aliphatic rings. The van der Waals surface area contributed by atoms with Crippen LogP contribution in [-0.2, 0) is 0 Å². The summed E-state index contributed by atoms with van der Waals surface area (Å²) in [5.74, 6) is 1.41. The Balaban J connectivity index is 0.000000560. The van der Waals surface area contributed by atoms with Gasteiger partial charge in [0, 0.05) is 0 Å². The summed E-state index contributed by atoms with van der Waals surface area (Å²) in [6.07, 6.45) is 57.6. The van der Waals surface area contributed by atoms with Crippen molar-refractivity contribution < 1.29 is 40.9 Å². The van der Waals surface area contributed by atoms with Crippen LogP contribution in [0.2, 0.25) is 23.3 Å². The van der Waals surface area contributed by atoms with Gasteiger partial charge >= 0.3 is 0 Å². The minimum atomic E-state index is -0.388. The number of aliphatic hydroxyl groups is 8. The molecule has 0 aliphatic heterocycles. The van der Waals surface area contributed by atoms with Crippen molar-refractivity contribution in [3.63, 3.8) is 0 Å². The Bertz CT molecular complexity index is 1560. The number of allylic oxidation sites excluding steroid dienone is 12. The molecule has 8 N–H and O–H groups in total. The summed E-state index contributed by atoms with van der Waals surface area (Å²) in [5.41, 5.74) is 0. The third-order valence-corrected chi connectivity index (χ3v) is 17.7. The van der Waals surface area contributed by atoms with Crippen LogP contribution in [0.4, 0.5) is 0 Å². The van der Waals surface area contributed by atoms with Gasteiger partial charge in [-0.15, -0.1) is 0 Å². The second-order valence-corrected chi connectivity index (χ2v) is 25.2. The Hall–Kier alpha value is -2.14. The van der Waals surface area contributed by atoms with E-state index in [1.165, 1.54) is 51.4 Å². The summed E-state index contributed by atoms with van der Waals surface area (Å²) >= 11 is 0. The summed E-state index contributed by atoms with van der Waals surface area (Å²) in [5, 5.41) is 80.0. The van der Waals surface area contributed by atoms with Gasteiger partial charge in [-0.25, -0.2) is 0 Å². The molecule has 0 bridgehead atoms. The maximum Gasteiger partial charge on any atom is 0.0720 e. The van der Waals surface area contributed by atoms with E-state index in [4.69, 9.17) is 31.4 Å². The molecule has 0 saturated heterocycles. The van der Waals surface area contributed by atoms with Gasteiger partial charge in [0.1, 0.15) is 0 Å². The lowest BCUT2D eigenvalue weighted by atomic mass is 9.75. The van der Waals surface area contributed by atoms with Crippen molar-refractivity contribution in [3.8, 4) is 0 Å². The Morgan fingerprint density at radius 3 is 0.667 bits per heavy atom. The fourth-order valence-corrected chi connectivity index (χ4v) is 12.5. The van der Waals surface area contributed by atoms with Crippen molar-refractivity contribution in [2.45, 2.75) is 307 Å². The van der Waals surface area contributed by atoms with Gasteiger partial charge in [0.15, 0.2) is 0 Å². The fraction of sp³-hybridized carbons (Fsp3) is 0.778. The average Bonchev–Trinajstić information content (AvgIpc) is 4.34. The van der Waals surface area contributed by atoms with E-state index in [0.717, 1.165) is 103 Å². The highest BCUT2D eigenvalue weighted by atomic mass is 16.3. The molecular weight excluding hydrogens is 1040 g/mol. The first-order valence-electron chi connectivity index (χ1n) is 34.2. The van der Waals surface area contributed by atoms with Crippen LogP contribution in [-0.4, -0.2) is 121 Å². The van der Waals surface area contributed by atoms with Gasteiger partial charge in [-0.05, 0) is 150 Å². The van der Waals surface area contributed by atoms with E-state index in [1.807, 2.05) is 48.6 Å². The highest BCUT2D eigenvalue weighted by Gasteiger charge is 2.40. The van der Waals surface area contributed by atoms with Crippen LogP contribution >= 0.6 is 0 Å². The van der Waals surface area contributed by atoms with Gasteiger partial charge in [0.2, 0.25) is 0 Å². The molecule has 8 unspecified atom stereocenters. The average molecular weight is 1160 g/mol. The van der Waals surface area contributed by atoms with Crippen LogP contribution in [0.15, 0.2) is 97.2 Å². The van der Waals surface area contributed by atoms with Crippen molar-refractivity contribution in [2.75, 3.05) is 0 Å². The second kappa shape index (κ2) is 49.7. The number of unbranched alkanes of at least 4 members (excludes halogenated alkanes) is 8. The van der Waals surface area contributed by atoms with Crippen molar-refractivity contribution in [2.24, 2.45) is 47.3 Å². The van der Waals surface area contributed by atoms with Gasteiger partial charge in [0.25, 0.3) is 0 Å². The standard InChI is InChI=1S/4C18H31BO2/c4*1-3-5-6-7-8-10-16-15(17(19)13-18(16)21)12-11-14(20)9-4-2/h4*7-8,11-12,14-18,20-21H,3-6,9-10,13H2,1-2H3/b4*8-7-,12-11+/t14?,15-,16-,17?,18?;14?,15-,16-,17-,18?;14-,15+,16+,17?,18?;14-,15+,16+,17+,18?/m1100/s1. The molecular formula is C72H124B4O8. The van der Waals surface area contributed by atoms with Crippen molar-refractivity contribution >= 4 is 31.4 Å². The minimum absolute atomic E-state index is 0.000816. The lowest BCUT2D eigenvalue weighted by Gasteiger charge is -2.20. The first kappa shape index (κ1) is 79.9. The maximum absolute atomic E-state index is 10.2. The zero-order chi connectivity index (χ0) is 62.7. The molecule has 8 nitrogen and oxygen atoms in total. The third kappa shape index (κ3) is 33.4. The zero-order valence-electron chi connectivity index (χ0n) is 54.5. The van der Waals surface area contributed by atoms with Gasteiger partial charge in [-0.2, -0.15) is 0 Å². The highest BCUT2D eigenvalue weighted by Crippen LogP contribution is 2.46. The molecule has 0 spiro atoms.